The lowest BCUT2D eigenvalue weighted by Gasteiger charge is -2.24. The molecule has 4 heteroatoms. The number of carbonyl (C=O) groups excluding carboxylic acids is 1. The molecule has 2 unspecified atom stereocenters. The number of hydrogen-bond acceptors (Lipinski definition) is 2. The molecule has 0 fully saturated rings. The summed E-state index contributed by atoms with van der Waals surface area (Å²) in [5, 5.41) is 9.02. The van der Waals surface area contributed by atoms with Crippen LogP contribution in [-0.4, -0.2) is 35.0 Å². The first-order valence-corrected chi connectivity index (χ1v) is 6.48. The van der Waals surface area contributed by atoms with Gasteiger partial charge < -0.3 is 10.0 Å². The lowest BCUT2D eigenvalue weighted by atomic mass is 9.87. The van der Waals surface area contributed by atoms with Crippen LogP contribution >= 0.6 is 0 Å². The fourth-order valence-electron chi connectivity index (χ4n) is 2.03. The molecule has 0 aliphatic carbocycles. The van der Waals surface area contributed by atoms with Crippen LogP contribution in [0.25, 0.3) is 0 Å². The Morgan fingerprint density at radius 2 is 1.71 bits per heavy atom. The van der Waals surface area contributed by atoms with Gasteiger partial charge >= 0.3 is 5.97 Å². The van der Waals surface area contributed by atoms with Crippen LogP contribution < -0.4 is 0 Å². The summed E-state index contributed by atoms with van der Waals surface area (Å²) >= 11 is 0. The number of rotatable bonds is 8. The molecule has 0 spiro atoms. The van der Waals surface area contributed by atoms with Gasteiger partial charge in [-0.3, -0.25) is 9.59 Å². The summed E-state index contributed by atoms with van der Waals surface area (Å²) in [5.41, 5.74) is 0. The Balaban J connectivity index is 4.53. The molecule has 4 nitrogen and oxygen atoms in total. The predicted octanol–water partition coefficient (Wildman–Crippen LogP) is 2.38. The smallest absolute Gasteiger partial charge is 0.306 e. The van der Waals surface area contributed by atoms with Crippen molar-refractivity contribution in [1.29, 1.82) is 0 Å². The third-order valence-electron chi connectivity index (χ3n) is 3.31. The molecule has 0 aromatic heterocycles. The quantitative estimate of drug-likeness (QED) is 0.712. The van der Waals surface area contributed by atoms with Gasteiger partial charge in [-0.2, -0.15) is 0 Å². The van der Waals surface area contributed by atoms with Crippen molar-refractivity contribution in [2.45, 2.75) is 47.0 Å². The maximum Gasteiger partial charge on any atom is 0.306 e. The van der Waals surface area contributed by atoms with Crippen molar-refractivity contribution in [3.05, 3.63) is 0 Å². The topological polar surface area (TPSA) is 57.6 Å². The summed E-state index contributed by atoms with van der Waals surface area (Å²) in [6.45, 7) is 8.97. The third-order valence-corrected chi connectivity index (χ3v) is 3.31. The van der Waals surface area contributed by atoms with Crippen LogP contribution in [0.2, 0.25) is 0 Å². The van der Waals surface area contributed by atoms with E-state index in [4.69, 9.17) is 5.11 Å². The molecule has 1 amide bonds. The average Bonchev–Trinajstić information content (AvgIpc) is 2.29. The monoisotopic (exact) mass is 243 g/mol. The summed E-state index contributed by atoms with van der Waals surface area (Å²) < 4.78 is 0. The molecule has 0 aliphatic heterocycles. The number of hydrogen-bond donors (Lipinski definition) is 1. The summed E-state index contributed by atoms with van der Waals surface area (Å²) in [6, 6.07) is 0. The van der Waals surface area contributed by atoms with Gasteiger partial charge in [-0.05, 0) is 26.2 Å². The zero-order valence-electron chi connectivity index (χ0n) is 11.4. The van der Waals surface area contributed by atoms with Crippen molar-refractivity contribution in [1.82, 2.24) is 4.90 Å². The van der Waals surface area contributed by atoms with E-state index in [9.17, 15) is 9.59 Å². The van der Waals surface area contributed by atoms with Crippen molar-refractivity contribution < 1.29 is 14.7 Å². The fraction of sp³-hybridized carbons (Fsp3) is 0.846. The Morgan fingerprint density at radius 1 is 1.18 bits per heavy atom. The van der Waals surface area contributed by atoms with E-state index in [0.717, 1.165) is 12.8 Å². The van der Waals surface area contributed by atoms with E-state index in [1.807, 2.05) is 20.8 Å². The highest BCUT2D eigenvalue weighted by atomic mass is 16.4. The highest BCUT2D eigenvalue weighted by Gasteiger charge is 2.26. The van der Waals surface area contributed by atoms with Gasteiger partial charge in [0.25, 0.3) is 0 Å². The zero-order valence-corrected chi connectivity index (χ0v) is 11.4. The van der Waals surface area contributed by atoms with Crippen molar-refractivity contribution in [2.24, 2.45) is 11.8 Å². The normalized spacial score (nSPS) is 14.1. The van der Waals surface area contributed by atoms with Gasteiger partial charge in [0, 0.05) is 19.5 Å². The van der Waals surface area contributed by atoms with Crippen molar-refractivity contribution in [3.63, 3.8) is 0 Å². The standard InChI is InChI=1S/C13H25NO3/c1-5-8-11(10(4)13(16)17)9-12(15)14(6-2)7-3/h10-11H,5-9H2,1-4H3,(H,16,17). The first-order valence-electron chi connectivity index (χ1n) is 6.48. The van der Waals surface area contributed by atoms with Crippen LogP contribution in [0, 0.1) is 11.8 Å². The summed E-state index contributed by atoms with van der Waals surface area (Å²) in [6.07, 6.45) is 2.05. The van der Waals surface area contributed by atoms with Crippen LogP contribution in [0.4, 0.5) is 0 Å². The molecule has 0 bridgehead atoms. The number of amides is 1. The van der Waals surface area contributed by atoms with Gasteiger partial charge in [0.1, 0.15) is 0 Å². The van der Waals surface area contributed by atoms with E-state index in [1.165, 1.54) is 0 Å². The molecule has 0 radical (unpaired) electrons. The highest BCUT2D eigenvalue weighted by Crippen LogP contribution is 2.22. The lowest BCUT2D eigenvalue weighted by Crippen LogP contribution is -2.34. The van der Waals surface area contributed by atoms with Crippen LogP contribution in [0.5, 0.6) is 0 Å². The number of aliphatic carboxylic acids is 1. The number of carboxylic acids is 1. The van der Waals surface area contributed by atoms with E-state index in [2.05, 4.69) is 0 Å². The second kappa shape index (κ2) is 8.09. The van der Waals surface area contributed by atoms with Gasteiger partial charge in [-0.15, -0.1) is 0 Å². The molecular formula is C13H25NO3. The summed E-state index contributed by atoms with van der Waals surface area (Å²) in [4.78, 5) is 24.7. The van der Waals surface area contributed by atoms with Gasteiger partial charge in [0.15, 0.2) is 0 Å². The third kappa shape index (κ3) is 5.20. The molecule has 0 aromatic carbocycles. The molecule has 2 atom stereocenters. The Labute approximate surface area is 104 Å². The van der Waals surface area contributed by atoms with Gasteiger partial charge in [0.2, 0.25) is 5.91 Å². The molecule has 17 heavy (non-hydrogen) atoms. The minimum Gasteiger partial charge on any atom is -0.481 e. The van der Waals surface area contributed by atoms with Crippen molar-refractivity contribution >= 4 is 11.9 Å². The molecule has 0 saturated heterocycles. The summed E-state index contributed by atoms with van der Waals surface area (Å²) in [5.74, 6) is -1.24. The lowest BCUT2D eigenvalue weighted by molar-refractivity contribution is -0.144. The van der Waals surface area contributed by atoms with E-state index in [1.54, 1.807) is 11.8 Å². The van der Waals surface area contributed by atoms with Crippen molar-refractivity contribution in [2.75, 3.05) is 13.1 Å². The molecule has 0 aliphatic rings. The van der Waals surface area contributed by atoms with E-state index < -0.39 is 11.9 Å². The van der Waals surface area contributed by atoms with Crippen LogP contribution in [0.15, 0.2) is 0 Å². The number of carboxylic acid groups (broad SMARTS) is 1. The molecule has 0 aromatic rings. The van der Waals surface area contributed by atoms with E-state index in [-0.39, 0.29) is 11.8 Å². The molecule has 1 N–H and O–H groups in total. The minimum absolute atomic E-state index is 0.0504. The Kier molecular flexibility index (Phi) is 7.59. The molecule has 100 valence electrons. The molecule has 0 saturated carbocycles. The average molecular weight is 243 g/mol. The predicted molar refractivity (Wildman–Crippen MR) is 67.7 cm³/mol. The largest absolute Gasteiger partial charge is 0.481 e. The number of carbonyl (C=O) groups is 2. The summed E-state index contributed by atoms with van der Waals surface area (Å²) in [7, 11) is 0. The minimum atomic E-state index is -0.809. The van der Waals surface area contributed by atoms with E-state index in [0.29, 0.717) is 19.5 Å². The Hall–Kier alpha value is -1.06. The van der Waals surface area contributed by atoms with Gasteiger partial charge in [-0.1, -0.05) is 20.3 Å². The van der Waals surface area contributed by atoms with Gasteiger partial charge in [-0.25, -0.2) is 0 Å². The second-order valence-electron chi connectivity index (χ2n) is 4.45. The number of nitrogens with zero attached hydrogens (tertiary/aromatic N) is 1. The molecule has 0 heterocycles. The highest BCUT2D eigenvalue weighted by molar-refractivity contribution is 5.78. The second-order valence-corrected chi connectivity index (χ2v) is 4.45. The Morgan fingerprint density at radius 3 is 2.06 bits per heavy atom. The maximum atomic E-state index is 12.0. The molecular weight excluding hydrogens is 218 g/mol. The molecule has 0 rings (SSSR count). The fourth-order valence-corrected chi connectivity index (χ4v) is 2.03. The van der Waals surface area contributed by atoms with Gasteiger partial charge in [0.05, 0.1) is 5.92 Å². The van der Waals surface area contributed by atoms with Crippen LogP contribution in [0.3, 0.4) is 0 Å². The van der Waals surface area contributed by atoms with Crippen molar-refractivity contribution in [3.8, 4) is 0 Å². The van der Waals surface area contributed by atoms with E-state index >= 15 is 0 Å². The first kappa shape index (κ1) is 15.9. The maximum absolute atomic E-state index is 12.0. The zero-order chi connectivity index (χ0) is 13.4. The first-order chi connectivity index (χ1) is 7.97. The Bertz CT molecular complexity index is 249. The van der Waals surface area contributed by atoms with Crippen LogP contribution in [-0.2, 0) is 9.59 Å². The van der Waals surface area contributed by atoms with Crippen LogP contribution in [0.1, 0.15) is 47.0 Å². The SMILES string of the molecule is CCCC(CC(=O)N(CC)CC)C(C)C(=O)O.